The largest absolute Gasteiger partial charge is 0.496 e. The van der Waals surface area contributed by atoms with Gasteiger partial charge in [0.05, 0.1) is 42.7 Å². The lowest BCUT2D eigenvalue weighted by Gasteiger charge is -2.10. The lowest BCUT2D eigenvalue weighted by Crippen LogP contribution is -1.99. The maximum Gasteiger partial charge on any atom is 0.126 e. The molecule has 0 saturated carbocycles. The summed E-state index contributed by atoms with van der Waals surface area (Å²) < 4.78 is 7.52. The van der Waals surface area contributed by atoms with Crippen molar-refractivity contribution in [3.05, 3.63) is 78.1 Å². The third kappa shape index (κ3) is 2.80. The lowest BCUT2D eigenvalue weighted by molar-refractivity contribution is 0.414. The van der Waals surface area contributed by atoms with Gasteiger partial charge in [0.1, 0.15) is 5.75 Å². The summed E-state index contributed by atoms with van der Waals surface area (Å²) >= 11 is 0. The van der Waals surface area contributed by atoms with E-state index in [-0.39, 0.29) is 0 Å². The van der Waals surface area contributed by atoms with Gasteiger partial charge in [0.15, 0.2) is 0 Å². The molecule has 0 spiro atoms. The monoisotopic (exact) mass is 339 g/mol. The van der Waals surface area contributed by atoms with Crippen LogP contribution >= 0.6 is 0 Å². The molecule has 3 aromatic carbocycles. The molecule has 4 nitrogen and oxygen atoms in total. The smallest absolute Gasteiger partial charge is 0.126 e. The quantitative estimate of drug-likeness (QED) is 0.502. The van der Waals surface area contributed by atoms with Crippen molar-refractivity contribution in [3.8, 4) is 11.8 Å². The van der Waals surface area contributed by atoms with E-state index in [9.17, 15) is 5.26 Å². The van der Waals surface area contributed by atoms with Crippen molar-refractivity contribution in [2.45, 2.75) is 6.54 Å². The van der Waals surface area contributed by atoms with Crippen molar-refractivity contribution in [1.82, 2.24) is 9.55 Å². The predicted molar refractivity (Wildman–Crippen MR) is 104 cm³/mol. The zero-order valence-corrected chi connectivity index (χ0v) is 14.4. The van der Waals surface area contributed by atoms with Crippen LogP contribution in [0.15, 0.2) is 72.6 Å². The van der Waals surface area contributed by atoms with E-state index in [0.29, 0.717) is 12.1 Å². The molecule has 4 rings (SSSR count). The first-order valence-corrected chi connectivity index (χ1v) is 8.36. The van der Waals surface area contributed by atoms with Crippen molar-refractivity contribution in [2.75, 3.05) is 7.11 Å². The fourth-order valence-electron chi connectivity index (χ4n) is 3.21. The Labute approximate surface area is 151 Å². The number of rotatable bonds is 4. The molecule has 0 bridgehead atoms. The molecule has 0 fully saturated rings. The van der Waals surface area contributed by atoms with Gasteiger partial charge in [-0.15, -0.1) is 0 Å². The van der Waals surface area contributed by atoms with Gasteiger partial charge in [0.25, 0.3) is 0 Å². The average molecular weight is 339 g/mol. The zero-order valence-electron chi connectivity index (χ0n) is 14.4. The molecular formula is C22H17N3O. The Balaban J connectivity index is 1.81. The highest BCUT2D eigenvalue weighted by molar-refractivity contribution is 5.93. The minimum absolute atomic E-state index is 0.462. The summed E-state index contributed by atoms with van der Waals surface area (Å²) in [6.45, 7) is 0.462. The first-order valence-electron chi connectivity index (χ1n) is 8.36. The maximum absolute atomic E-state index is 9.70. The van der Waals surface area contributed by atoms with Crippen LogP contribution in [0.4, 0.5) is 0 Å². The van der Waals surface area contributed by atoms with Gasteiger partial charge in [0.2, 0.25) is 0 Å². The predicted octanol–water partition coefficient (Wildman–Crippen LogP) is 4.81. The number of para-hydroxylation sites is 2. The fourth-order valence-corrected chi connectivity index (χ4v) is 3.21. The Morgan fingerprint density at radius 3 is 2.77 bits per heavy atom. The van der Waals surface area contributed by atoms with Gasteiger partial charge in [-0.25, -0.2) is 4.98 Å². The van der Waals surface area contributed by atoms with Gasteiger partial charge >= 0.3 is 0 Å². The van der Waals surface area contributed by atoms with E-state index in [4.69, 9.17) is 4.74 Å². The number of hydrogen-bond acceptors (Lipinski definition) is 3. The Hall–Kier alpha value is -3.58. The summed E-state index contributed by atoms with van der Waals surface area (Å²) in [6, 6.07) is 22.3. The van der Waals surface area contributed by atoms with E-state index >= 15 is 0 Å². The van der Waals surface area contributed by atoms with Crippen LogP contribution in [0.5, 0.6) is 5.75 Å². The number of fused-ring (bicyclic) bond motifs is 2. The van der Waals surface area contributed by atoms with E-state index in [1.54, 1.807) is 13.4 Å². The summed E-state index contributed by atoms with van der Waals surface area (Å²) in [4.78, 5) is 4.40. The number of aromatic nitrogens is 2. The third-order valence-electron chi connectivity index (χ3n) is 4.48. The number of methoxy groups -OCH3 is 1. The van der Waals surface area contributed by atoms with Crippen molar-refractivity contribution < 1.29 is 4.74 Å². The molecule has 1 heterocycles. The molecule has 0 saturated heterocycles. The number of imidazole rings is 1. The minimum atomic E-state index is 0.462. The van der Waals surface area contributed by atoms with E-state index in [0.717, 1.165) is 33.1 Å². The van der Waals surface area contributed by atoms with Crippen LogP contribution in [0.3, 0.4) is 0 Å². The molecule has 0 N–H and O–H groups in total. The fraction of sp³-hybridized carbons (Fsp3) is 0.0909. The standard InChI is InChI=1S/C22H17N3O/c1-26-22-11-10-17-6-2-3-7-18(17)19(22)12-16(13-23)14-25-15-24-20-8-4-5-9-21(20)25/h2-12,15H,14H2,1H3/b16-12+. The van der Waals surface area contributed by atoms with Crippen LogP contribution in [0, 0.1) is 11.3 Å². The number of nitriles is 1. The topological polar surface area (TPSA) is 50.8 Å². The van der Waals surface area contributed by atoms with Crippen LogP contribution in [-0.2, 0) is 6.54 Å². The van der Waals surface area contributed by atoms with Crippen molar-refractivity contribution >= 4 is 27.9 Å². The van der Waals surface area contributed by atoms with Crippen molar-refractivity contribution in [3.63, 3.8) is 0 Å². The molecule has 0 atom stereocenters. The average Bonchev–Trinajstić information content (AvgIpc) is 3.10. The molecule has 1 aromatic heterocycles. The summed E-state index contributed by atoms with van der Waals surface area (Å²) in [5, 5.41) is 11.9. The van der Waals surface area contributed by atoms with E-state index in [2.05, 4.69) is 17.1 Å². The first-order chi connectivity index (χ1) is 12.8. The van der Waals surface area contributed by atoms with Gasteiger partial charge in [-0.2, -0.15) is 5.26 Å². The third-order valence-corrected chi connectivity index (χ3v) is 4.48. The highest BCUT2D eigenvalue weighted by Gasteiger charge is 2.09. The highest BCUT2D eigenvalue weighted by atomic mass is 16.5. The molecule has 26 heavy (non-hydrogen) atoms. The highest BCUT2D eigenvalue weighted by Crippen LogP contribution is 2.30. The maximum atomic E-state index is 9.70. The van der Waals surface area contributed by atoms with Crippen LogP contribution in [-0.4, -0.2) is 16.7 Å². The van der Waals surface area contributed by atoms with Gasteiger partial charge in [0, 0.05) is 5.56 Å². The summed E-state index contributed by atoms with van der Waals surface area (Å²) in [5.74, 6) is 0.756. The summed E-state index contributed by atoms with van der Waals surface area (Å²) in [5.41, 5.74) is 3.50. The molecule has 4 heteroatoms. The first kappa shape index (κ1) is 15.9. The van der Waals surface area contributed by atoms with Crippen molar-refractivity contribution in [2.24, 2.45) is 0 Å². The number of allylic oxidation sites excluding steroid dienone is 1. The molecular weight excluding hydrogens is 322 g/mol. The number of nitrogens with zero attached hydrogens (tertiary/aromatic N) is 3. The van der Waals surface area contributed by atoms with Gasteiger partial charge in [-0.3, -0.25) is 0 Å². The van der Waals surface area contributed by atoms with Crippen LogP contribution in [0.2, 0.25) is 0 Å². The summed E-state index contributed by atoms with van der Waals surface area (Å²) in [7, 11) is 1.65. The molecule has 0 aliphatic rings. The van der Waals surface area contributed by atoms with Crippen molar-refractivity contribution in [1.29, 1.82) is 5.26 Å². The van der Waals surface area contributed by atoms with Gasteiger partial charge in [-0.05, 0) is 35.0 Å². The second-order valence-corrected chi connectivity index (χ2v) is 6.05. The van der Waals surface area contributed by atoms with E-state index in [1.165, 1.54) is 0 Å². The van der Waals surface area contributed by atoms with Crippen LogP contribution < -0.4 is 4.74 Å². The molecule has 0 amide bonds. The second kappa shape index (κ2) is 6.73. The Morgan fingerprint density at radius 2 is 1.92 bits per heavy atom. The molecule has 0 aliphatic heterocycles. The normalized spacial score (nSPS) is 11.6. The van der Waals surface area contributed by atoms with E-state index in [1.807, 2.05) is 65.2 Å². The lowest BCUT2D eigenvalue weighted by atomic mass is 10.0. The Bertz CT molecular complexity index is 1160. The molecule has 126 valence electrons. The summed E-state index contributed by atoms with van der Waals surface area (Å²) in [6.07, 6.45) is 3.69. The zero-order chi connectivity index (χ0) is 17.9. The van der Waals surface area contributed by atoms with Gasteiger partial charge < -0.3 is 9.30 Å². The number of ether oxygens (including phenoxy) is 1. The number of benzene rings is 3. The molecule has 0 aliphatic carbocycles. The number of hydrogen-bond donors (Lipinski definition) is 0. The second-order valence-electron chi connectivity index (χ2n) is 6.05. The minimum Gasteiger partial charge on any atom is -0.496 e. The SMILES string of the molecule is COc1ccc2ccccc2c1/C=C(\C#N)Cn1cnc2ccccc21. The van der Waals surface area contributed by atoms with Gasteiger partial charge in [-0.1, -0.05) is 42.5 Å². The van der Waals surface area contributed by atoms with Crippen LogP contribution in [0.25, 0.3) is 27.9 Å². The van der Waals surface area contributed by atoms with Crippen LogP contribution in [0.1, 0.15) is 5.56 Å². The molecule has 0 radical (unpaired) electrons. The Kier molecular flexibility index (Phi) is 4.12. The molecule has 4 aromatic rings. The van der Waals surface area contributed by atoms with E-state index < -0.39 is 0 Å². The Morgan fingerprint density at radius 1 is 1.12 bits per heavy atom. The molecule has 0 unspecified atom stereocenters.